The van der Waals surface area contributed by atoms with E-state index in [1.807, 2.05) is 6.92 Å². The second-order valence-electron chi connectivity index (χ2n) is 3.17. The fraction of sp³-hybridized carbons (Fsp3) is 0.667. The molecule has 2 rings (SSSR count). The summed E-state index contributed by atoms with van der Waals surface area (Å²) in [7, 11) is 0. The van der Waals surface area contributed by atoms with E-state index in [4.69, 9.17) is 0 Å². The topological polar surface area (TPSA) is 40.7 Å². The summed E-state index contributed by atoms with van der Waals surface area (Å²) in [6.07, 6.45) is 6.28. The van der Waals surface area contributed by atoms with E-state index in [9.17, 15) is 0 Å². The Balaban J connectivity index is 0.000000120. The Hall–Kier alpha value is -0.830. The van der Waals surface area contributed by atoms with Crippen molar-refractivity contribution in [2.45, 2.75) is 32.7 Å². The summed E-state index contributed by atoms with van der Waals surface area (Å²) in [6, 6.07) is 0.796. The molecule has 1 aromatic rings. The van der Waals surface area contributed by atoms with Gasteiger partial charge in [-0.3, -0.25) is 0 Å². The Morgan fingerprint density at radius 2 is 2.42 bits per heavy atom. The van der Waals surface area contributed by atoms with E-state index in [1.54, 1.807) is 12.4 Å². The first-order chi connectivity index (χ1) is 5.79. The largest absolute Gasteiger partial charge is 0.349 e. The molecule has 0 amide bonds. The fourth-order valence-electron chi connectivity index (χ4n) is 1.20. The number of nitrogens with zero attached hydrogens (tertiary/aromatic N) is 1. The van der Waals surface area contributed by atoms with Crippen molar-refractivity contribution in [3.63, 3.8) is 0 Å². The second-order valence-corrected chi connectivity index (χ2v) is 3.17. The minimum Gasteiger partial charge on any atom is -0.349 e. The van der Waals surface area contributed by atoms with Gasteiger partial charge in [-0.2, -0.15) is 0 Å². The third kappa shape index (κ3) is 3.53. The van der Waals surface area contributed by atoms with E-state index in [-0.39, 0.29) is 0 Å². The van der Waals surface area contributed by atoms with Crippen LogP contribution in [0.25, 0.3) is 0 Å². The Morgan fingerprint density at radius 3 is 2.58 bits per heavy atom. The van der Waals surface area contributed by atoms with Crippen LogP contribution < -0.4 is 5.32 Å². The minimum absolute atomic E-state index is 0.796. The maximum atomic E-state index is 3.86. The summed E-state index contributed by atoms with van der Waals surface area (Å²) in [4.78, 5) is 6.75. The first-order valence-electron chi connectivity index (χ1n) is 4.48. The lowest BCUT2D eigenvalue weighted by Crippen LogP contribution is -2.16. The molecule has 12 heavy (non-hydrogen) atoms. The van der Waals surface area contributed by atoms with Crippen molar-refractivity contribution in [3.8, 4) is 0 Å². The van der Waals surface area contributed by atoms with Crippen LogP contribution in [0.2, 0.25) is 0 Å². The molecule has 1 aromatic heterocycles. The summed E-state index contributed by atoms with van der Waals surface area (Å²) in [5, 5.41) is 3.32. The molecule has 0 aromatic carbocycles. The van der Waals surface area contributed by atoms with Crippen molar-refractivity contribution in [3.05, 3.63) is 18.2 Å². The van der Waals surface area contributed by atoms with Gasteiger partial charge in [-0.25, -0.2) is 4.98 Å². The molecule has 0 radical (unpaired) electrons. The molecule has 68 valence electrons. The molecule has 2 heterocycles. The van der Waals surface area contributed by atoms with Gasteiger partial charge in [0, 0.05) is 18.4 Å². The Labute approximate surface area is 73.6 Å². The second kappa shape index (κ2) is 4.93. The van der Waals surface area contributed by atoms with Crippen molar-refractivity contribution in [2.75, 3.05) is 6.54 Å². The SMILES string of the molecule is CC1CCCN1.Cc1ncc[nH]1. The zero-order chi connectivity index (χ0) is 8.81. The number of aromatic amines is 1. The Kier molecular flexibility index (Phi) is 3.80. The van der Waals surface area contributed by atoms with Gasteiger partial charge in [-0.15, -0.1) is 0 Å². The number of imidazole rings is 1. The van der Waals surface area contributed by atoms with E-state index < -0.39 is 0 Å². The molecule has 3 heteroatoms. The van der Waals surface area contributed by atoms with E-state index in [1.165, 1.54) is 19.4 Å². The summed E-state index contributed by atoms with van der Waals surface area (Å²) < 4.78 is 0. The average Bonchev–Trinajstić information content (AvgIpc) is 2.63. The van der Waals surface area contributed by atoms with Crippen LogP contribution in [0, 0.1) is 6.92 Å². The van der Waals surface area contributed by atoms with E-state index in [0.717, 1.165) is 11.9 Å². The molecule has 1 aliphatic rings. The molecule has 2 N–H and O–H groups in total. The molecule has 1 atom stereocenters. The number of hydrogen-bond acceptors (Lipinski definition) is 2. The van der Waals surface area contributed by atoms with Crippen molar-refractivity contribution < 1.29 is 0 Å². The maximum Gasteiger partial charge on any atom is 0.102 e. The molecular formula is C9H17N3. The standard InChI is InChI=1S/C5H11N.C4H6N2/c1-5-3-2-4-6-5;1-4-5-2-3-6-4/h5-6H,2-4H2,1H3;2-3H,1H3,(H,5,6). The van der Waals surface area contributed by atoms with Gasteiger partial charge >= 0.3 is 0 Å². The van der Waals surface area contributed by atoms with Gasteiger partial charge in [0.1, 0.15) is 5.82 Å². The van der Waals surface area contributed by atoms with Crippen molar-refractivity contribution >= 4 is 0 Å². The summed E-state index contributed by atoms with van der Waals surface area (Å²) in [6.45, 7) is 5.38. The number of rotatable bonds is 0. The highest BCUT2D eigenvalue weighted by Gasteiger charge is 2.05. The Bertz CT molecular complexity index is 188. The molecule has 0 bridgehead atoms. The van der Waals surface area contributed by atoms with E-state index in [0.29, 0.717) is 0 Å². The lowest BCUT2D eigenvalue weighted by atomic mass is 10.3. The molecule has 3 nitrogen and oxygen atoms in total. The van der Waals surface area contributed by atoms with Crippen LogP contribution in [-0.4, -0.2) is 22.6 Å². The summed E-state index contributed by atoms with van der Waals surface area (Å²) in [5.41, 5.74) is 0. The monoisotopic (exact) mass is 167 g/mol. The van der Waals surface area contributed by atoms with Gasteiger partial charge in [0.2, 0.25) is 0 Å². The highest BCUT2D eigenvalue weighted by molar-refractivity contribution is 4.80. The third-order valence-corrected chi connectivity index (χ3v) is 1.94. The molecular weight excluding hydrogens is 150 g/mol. The highest BCUT2D eigenvalue weighted by atomic mass is 14.9. The number of nitrogens with one attached hydrogen (secondary N) is 2. The molecule has 1 saturated heterocycles. The van der Waals surface area contributed by atoms with Crippen LogP contribution in [0.15, 0.2) is 12.4 Å². The first-order valence-corrected chi connectivity index (χ1v) is 4.48. The van der Waals surface area contributed by atoms with Gasteiger partial charge in [0.15, 0.2) is 0 Å². The lowest BCUT2D eigenvalue weighted by Gasteiger charge is -1.95. The molecule has 0 aliphatic carbocycles. The molecule has 1 aliphatic heterocycles. The predicted molar refractivity (Wildman–Crippen MR) is 50.0 cm³/mol. The van der Waals surface area contributed by atoms with Crippen LogP contribution in [-0.2, 0) is 0 Å². The fourth-order valence-corrected chi connectivity index (χ4v) is 1.20. The summed E-state index contributed by atoms with van der Waals surface area (Å²) in [5.74, 6) is 0.968. The molecule has 1 fully saturated rings. The van der Waals surface area contributed by atoms with Gasteiger partial charge in [-0.05, 0) is 33.2 Å². The van der Waals surface area contributed by atoms with E-state index >= 15 is 0 Å². The normalized spacial score (nSPS) is 21.7. The Morgan fingerprint density at radius 1 is 1.58 bits per heavy atom. The van der Waals surface area contributed by atoms with Crippen LogP contribution >= 0.6 is 0 Å². The first kappa shape index (κ1) is 9.26. The smallest absolute Gasteiger partial charge is 0.102 e. The van der Waals surface area contributed by atoms with Crippen molar-refractivity contribution in [1.29, 1.82) is 0 Å². The maximum absolute atomic E-state index is 3.86. The zero-order valence-corrected chi connectivity index (χ0v) is 7.80. The predicted octanol–water partition coefficient (Wildman–Crippen LogP) is 1.48. The average molecular weight is 167 g/mol. The van der Waals surface area contributed by atoms with Crippen LogP contribution in [0.5, 0.6) is 0 Å². The van der Waals surface area contributed by atoms with Gasteiger partial charge in [-0.1, -0.05) is 0 Å². The van der Waals surface area contributed by atoms with Crippen LogP contribution in [0.3, 0.4) is 0 Å². The van der Waals surface area contributed by atoms with Crippen molar-refractivity contribution in [2.24, 2.45) is 0 Å². The molecule has 0 spiro atoms. The van der Waals surface area contributed by atoms with Gasteiger partial charge in [0.25, 0.3) is 0 Å². The quantitative estimate of drug-likeness (QED) is 0.614. The third-order valence-electron chi connectivity index (χ3n) is 1.94. The van der Waals surface area contributed by atoms with Crippen LogP contribution in [0.1, 0.15) is 25.6 Å². The van der Waals surface area contributed by atoms with Gasteiger partial charge < -0.3 is 10.3 Å². The molecule has 1 unspecified atom stereocenters. The van der Waals surface area contributed by atoms with Crippen molar-refractivity contribution in [1.82, 2.24) is 15.3 Å². The molecule has 0 saturated carbocycles. The van der Waals surface area contributed by atoms with Gasteiger partial charge in [0.05, 0.1) is 0 Å². The highest BCUT2D eigenvalue weighted by Crippen LogP contribution is 2.01. The number of aromatic nitrogens is 2. The van der Waals surface area contributed by atoms with E-state index in [2.05, 4.69) is 22.2 Å². The number of H-pyrrole nitrogens is 1. The van der Waals surface area contributed by atoms with Crippen LogP contribution in [0.4, 0.5) is 0 Å². The number of aryl methyl sites for hydroxylation is 1. The zero-order valence-electron chi connectivity index (χ0n) is 7.80. The minimum atomic E-state index is 0.796. The lowest BCUT2D eigenvalue weighted by molar-refractivity contribution is 0.664. The number of hydrogen-bond donors (Lipinski definition) is 2. The summed E-state index contributed by atoms with van der Waals surface area (Å²) >= 11 is 0.